The quantitative estimate of drug-likeness (QED) is 0.671. The van der Waals surface area contributed by atoms with E-state index in [2.05, 4.69) is 10.3 Å². The Labute approximate surface area is 158 Å². The lowest BCUT2D eigenvalue weighted by atomic mass is 10.1. The number of hydrogen-bond donors (Lipinski definition) is 2. The average molecular weight is 382 g/mol. The summed E-state index contributed by atoms with van der Waals surface area (Å²) in [4.78, 5) is 54.6. The number of carbonyl (C=O) groups is 2. The summed E-state index contributed by atoms with van der Waals surface area (Å²) in [6.07, 6.45) is 0. The van der Waals surface area contributed by atoms with Crippen LogP contribution in [0.1, 0.15) is 23.0 Å². The zero-order chi connectivity index (χ0) is 20.0. The number of amides is 2. The molecule has 1 fully saturated rings. The number of aryl methyl sites for hydroxylation is 1. The van der Waals surface area contributed by atoms with E-state index in [9.17, 15) is 19.2 Å². The molecule has 9 nitrogen and oxygen atoms in total. The van der Waals surface area contributed by atoms with Gasteiger partial charge in [0.05, 0.1) is 11.3 Å². The third-order valence-corrected chi connectivity index (χ3v) is 4.91. The molecule has 1 aliphatic rings. The van der Waals surface area contributed by atoms with Crippen molar-refractivity contribution in [3.8, 4) is 5.69 Å². The third kappa shape index (κ3) is 2.63. The van der Waals surface area contributed by atoms with Gasteiger partial charge in [-0.15, -0.1) is 0 Å². The highest BCUT2D eigenvalue weighted by molar-refractivity contribution is 6.07. The number of para-hydroxylation sites is 1. The molecule has 4 rings (SSSR count). The summed E-state index contributed by atoms with van der Waals surface area (Å²) in [7, 11) is 0. The first-order valence-electron chi connectivity index (χ1n) is 8.82. The van der Waals surface area contributed by atoms with Gasteiger partial charge in [-0.2, -0.15) is 0 Å². The number of benzene rings is 1. The topological polar surface area (TPSA) is 117 Å². The fourth-order valence-electron chi connectivity index (χ4n) is 3.47. The average Bonchev–Trinajstić information content (AvgIpc) is 3.00. The van der Waals surface area contributed by atoms with Crippen LogP contribution in [-0.4, -0.2) is 45.4 Å². The van der Waals surface area contributed by atoms with Gasteiger partial charge in [0.2, 0.25) is 11.6 Å². The van der Waals surface area contributed by atoms with Gasteiger partial charge in [-0.25, -0.2) is 9.36 Å². The Morgan fingerprint density at radius 1 is 1.18 bits per heavy atom. The number of aromatic nitrogens is 2. The molecule has 1 unspecified atom stereocenters. The van der Waals surface area contributed by atoms with E-state index in [0.29, 0.717) is 18.8 Å². The summed E-state index contributed by atoms with van der Waals surface area (Å²) in [5, 5.41) is 2.68. The van der Waals surface area contributed by atoms with Crippen LogP contribution in [0.15, 0.2) is 44.3 Å². The number of rotatable bonds is 2. The summed E-state index contributed by atoms with van der Waals surface area (Å²) in [5.41, 5.74) is -0.945. The second-order valence-corrected chi connectivity index (χ2v) is 6.61. The van der Waals surface area contributed by atoms with Crippen molar-refractivity contribution in [1.82, 2.24) is 19.8 Å². The number of nitrogens with one attached hydrogen (secondary N) is 2. The molecule has 28 heavy (non-hydrogen) atoms. The van der Waals surface area contributed by atoms with Gasteiger partial charge in [-0.1, -0.05) is 18.2 Å². The SMILES string of the molecule is Cc1oc2[nH]c(=O)n(-c3ccccc3)c(=O)c2c1C(=O)N1CCNC(=O)C1C. The first-order chi connectivity index (χ1) is 13.4. The van der Waals surface area contributed by atoms with Crippen molar-refractivity contribution < 1.29 is 14.0 Å². The largest absolute Gasteiger partial charge is 0.444 e. The maximum absolute atomic E-state index is 13.2. The van der Waals surface area contributed by atoms with Crippen molar-refractivity contribution in [1.29, 1.82) is 0 Å². The molecule has 0 spiro atoms. The van der Waals surface area contributed by atoms with Gasteiger partial charge in [-0.05, 0) is 26.0 Å². The molecule has 2 N–H and O–H groups in total. The lowest BCUT2D eigenvalue weighted by molar-refractivity contribution is -0.127. The van der Waals surface area contributed by atoms with Gasteiger partial charge in [0, 0.05) is 13.1 Å². The smallest absolute Gasteiger partial charge is 0.335 e. The zero-order valence-electron chi connectivity index (χ0n) is 15.3. The van der Waals surface area contributed by atoms with Gasteiger partial charge in [0.25, 0.3) is 11.5 Å². The number of carbonyl (C=O) groups excluding carboxylic acids is 2. The van der Waals surface area contributed by atoms with Gasteiger partial charge < -0.3 is 14.6 Å². The number of H-pyrrole nitrogens is 1. The number of fused-ring (bicyclic) bond motifs is 1. The molecular formula is C19H18N4O5. The highest BCUT2D eigenvalue weighted by Gasteiger charge is 2.34. The van der Waals surface area contributed by atoms with Crippen LogP contribution in [0.4, 0.5) is 0 Å². The van der Waals surface area contributed by atoms with Gasteiger partial charge >= 0.3 is 5.69 Å². The number of hydrogen-bond acceptors (Lipinski definition) is 5. The summed E-state index contributed by atoms with van der Waals surface area (Å²) < 4.78 is 6.47. The summed E-state index contributed by atoms with van der Waals surface area (Å²) in [5.74, 6) is -0.542. The van der Waals surface area contributed by atoms with Crippen LogP contribution in [0.5, 0.6) is 0 Å². The molecule has 1 atom stereocenters. The molecule has 2 amide bonds. The molecule has 0 radical (unpaired) electrons. The minimum atomic E-state index is -0.676. The normalized spacial score (nSPS) is 17.0. The van der Waals surface area contributed by atoms with E-state index in [1.165, 1.54) is 4.90 Å². The molecule has 9 heteroatoms. The minimum absolute atomic E-state index is 0.0101. The maximum atomic E-state index is 13.2. The fourth-order valence-corrected chi connectivity index (χ4v) is 3.47. The Bertz CT molecular complexity index is 1200. The van der Waals surface area contributed by atoms with E-state index >= 15 is 0 Å². The van der Waals surface area contributed by atoms with E-state index in [4.69, 9.17) is 4.42 Å². The van der Waals surface area contributed by atoms with E-state index in [-0.39, 0.29) is 28.3 Å². The van der Waals surface area contributed by atoms with Crippen LogP contribution < -0.4 is 16.6 Å². The molecule has 0 bridgehead atoms. The van der Waals surface area contributed by atoms with Gasteiger partial charge in [0.15, 0.2) is 0 Å². The van der Waals surface area contributed by atoms with Crippen molar-refractivity contribution >= 4 is 22.9 Å². The number of nitrogens with zero attached hydrogens (tertiary/aromatic N) is 2. The number of aromatic amines is 1. The molecule has 3 heterocycles. The minimum Gasteiger partial charge on any atom is -0.444 e. The number of piperazine rings is 1. The molecule has 1 aliphatic heterocycles. The van der Waals surface area contributed by atoms with E-state index in [1.54, 1.807) is 44.2 Å². The van der Waals surface area contributed by atoms with Crippen LogP contribution in [-0.2, 0) is 4.79 Å². The molecule has 0 saturated carbocycles. The second-order valence-electron chi connectivity index (χ2n) is 6.61. The van der Waals surface area contributed by atoms with Crippen LogP contribution in [0.3, 0.4) is 0 Å². The molecule has 3 aromatic rings. The van der Waals surface area contributed by atoms with Crippen molar-refractivity contribution in [2.45, 2.75) is 19.9 Å². The Balaban J connectivity index is 1.94. The zero-order valence-corrected chi connectivity index (χ0v) is 15.3. The van der Waals surface area contributed by atoms with Crippen LogP contribution in [0.25, 0.3) is 16.8 Å². The Morgan fingerprint density at radius 2 is 1.89 bits per heavy atom. The Kier molecular flexibility index (Phi) is 4.14. The standard InChI is InChI=1S/C19H18N4O5/c1-10-15(24)20-8-9-22(10)17(25)13-11(2)28-16-14(13)18(26)23(19(27)21-16)12-6-4-3-5-7-12/h3-7,10H,8-9H2,1-2H3,(H,20,24)(H,21,27). The van der Waals surface area contributed by atoms with E-state index in [1.807, 2.05) is 0 Å². The first kappa shape index (κ1) is 17.8. The highest BCUT2D eigenvalue weighted by atomic mass is 16.3. The molecule has 1 aromatic carbocycles. The van der Waals surface area contributed by atoms with Crippen LogP contribution in [0, 0.1) is 6.92 Å². The Morgan fingerprint density at radius 3 is 2.61 bits per heavy atom. The highest BCUT2D eigenvalue weighted by Crippen LogP contribution is 2.23. The van der Waals surface area contributed by atoms with E-state index in [0.717, 1.165) is 4.57 Å². The predicted molar refractivity (Wildman–Crippen MR) is 101 cm³/mol. The van der Waals surface area contributed by atoms with Crippen LogP contribution in [0.2, 0.25) is 0 Å². The summed E-state index contributed by atoms with van der Waals surface area (Å²) in [6.45, 7) is 3.81. The van der Waals surface area contributed by atoms with E-state index < -0.39 is 23.2 Å². The molecule has 144 valence electrons. The molecule has 0 aliphatic carbocycles. The monoisotopic (exact) mass is 382 g/mol. The number of furan rings is 1. The molecule has 2 aromatic heterocycles. The van der Waals surface area contributed by atoms with Crippen molar-refractivity contribution in [3.05, 3.63) is 62.5 Å². The lowest BCUT2D eigenvalue weighted by Crippen LogP contribution is -2.56. The van der Waals surface area contributed by atoms with Crippen LogP contribution >= 0.6 is 0 Å². The Hall–Kier alpha value is -3.62. The van der Waals surface area contributed by atoms with Gasteiger partial charge in [-0.3, -0.25) is 19.4 Å². The first-order valence-corrected chi connectivity index (χ1v) is 8.82. The van der Waals surface area contributed by atoms with Crippen molar-refractivity contribution in [2.75, 3.05) is 13.1 Å². The summed E-state index contributed by atoms with van der Waals surface area (Å²) >= 11 is 0. The maximum Gasteiger partial charge on any atom is 0.335 e. The third-order valence-electron chi connectivity index (χ3n) is 4.91. The predicted octanol–water partition coefficient (Wildman–Crippen LogP) is 0.541. The van der Waals surface area contributed by atoms with Crippen molar-refractivity contribution in [2.24, 2.45) is 0 Å². The second kappa shape index (κ2) is 6.52. The summed E-state index contributed by atoms with van der Waals surface area (Å²) in [6, 6.07) is 7.73. The molecule has 1 saturated heterocycles. The van der Waals surface area contributed by atoms with Crippen molar-refractivity contribution in [3.63, 3.8) is 0 Å². The fraction of sp³-hybridized carbons (Fsp3) is 0.263. The molecular weight excluding hydrogens is 364 g/mol. The van der Waals surface area contributed by atoms with Gasteiger partial charge in [0.1, 0.15) is 17.2 Å². The lowest BCUT2D eigenvalue weighted by Gasteiger charge is -2.32.